The molecular formula is C27H24N6OS. The van der Waals surface area contributed by atoms with Gasteiger partial charge in [0.2, 0.25) is 5.95 Å². The summed E-state index contributed by atoms with van der Waals surface area (Å²) in [6, 6.07) is 16.2. The van der Waals surface area contributed by atoms with Gasteiger partial charge in [-0.25, -0.2) is 15.0 Å². The molecule has 7 nitrogen and oxygen atoms in total. The molecular weight excluding hydrogens is 456 g/mol. The predicted molar refractivity (Wildman–Crippen MR) is 140 cm³/mol. The molecule has 6 rings (SSSR count). The number of nitrogens with one attached hydrogen (secondary N) is 2. The van der Waals surface area contributed by atoms with E-state index in [0.717, 1.165) is 70.0 Å². The third-order valence-corrected chi connectivity index (χ3v) is 6.87. The van der Waals surface area contributed by atoms with Crippen molar-refractivity contribution in [3.8, 4) is 27.4 Å². The summed E-state index contributed by atoms with van der Waals surface area (Å²) in [6.45, 7) is 1.95. The molecule has 0 unspecified atom stereocenters. The van der Waals surface area contributed by atoms with Gasteiger partial charge in [-0.2, -0.15) is 0 Å². The molecule has 5 aromatic rings. The lowest BCUT2D eigenvalue weighted by atomic mass is 10.1. The van der Waals surface area contributed by atoms with Crippen molar-refractivity contribution in [3.05, 3.63) is 78.7 Å². The predicted octanol–water partition coefficient (Wildman–Crippen LogP) is 5.69. The quantitative estimate of drug-likeness (QED) is 0.323. The molecule has 35 heavy (non-hydrogen) atoms. The van der Waals surface area contributed by atoms with Crippen molar-refractivity contribution in [2.75, 3.05) is 18.4 Å². The number of hydrogen-bond acceptors (Lipinski definition) is 8. The number of benzene rings is 2. The molecule has 0 amide bonds. The van der Waals surface area contributed by atoms with Crippen molar-refractivity contribution in [1.82, 2.24) is 25.3 Å². The van der Waals surface area contributed by atoms with Gasteiger partial charge in [0, 0.05) is 47.3 Å². The van der Waals surface area contributed by atoms with Crippen molar-refractivity contribution in [2.45, 2.75) is 18.9 Å². The fraction of sp³-hybridized carbons (Fsp3) is 0.185. The van der Waals surface area contributed by atoms with Gasteiger partial charge in [-0.1, -0.05) is 18.2 Å². The van der Waals surface area contributed by atoms with E-state index < -0.39 is 0 Å². The summed E-state index contributed by atoms with van der Waals surface area (Å²) in [5.74, 6) is 1.37. The van der Waals surface area contributed by atoms with E-state index in [-0.39, 0.29) is 6.10 Å². The standard InChI is InChI=1S/C27H24N6OS/c1-2-19(16-29-9-1)18-3-5-21(6-4-18)32-27-31-17-20-14-23(26-30-12-13-35-26)25(15-24(20)33-27)34-22-7-10-28-11-8-22/h1-6,9,12-17,22,28H,7-8,10-11H2,(H,31,32,33). The summed E-state index contributed by atoms with van der Waals surface area (Å²) >= 11 is 1.60. The first kappa shape index (κ1) is 21.6. The molecule has 8 heteroatoms. The van der Waals surface area contributed by atoms with Crippen LogP contribution in [0.2, 0.25) is 0 Å². The van der Waals surface area contributed by atoms with Crippen LogP contribution in [0.5, 0.6) is 5.75 Å². The first-order valence-corrected chi connectivity index (χ1v) is 12.6. The van der Waals surface area contributed by atoms with E-state index in [2.05, 4.69) is 43.8 Å². The van der Waals surface area contributed by atoms with Crippen molar-refractivity contribution < 1.29 is 4.74 Å². The highest BCUT2D eigenvalue weighted by Crippen LogP contribution is 2.36. The molecule has 0 saturated carbocycles. The van der Waals surface area contributed by atoms with Gasteiger partial charge in [-0.15, -0.1) is 11.3 Å². The zero-order chi connectivity index (χ0) is 23.5. The van der Waals surface area contributed by atoms with E-state index in [0.29, 0.717) is 5.95 Å². The average molecular weight is 481 g/mol. The van der Waals surface area contributed by atoms with Gasteiger partial charge < -0.3 is 15.4 Å². The van der Waals surface area contributed by atoms with Crippen LogP contribution in [0.3, 0.4) is 0 Å². The second-order valence-corrected chi connectivity index (χ2v) is 9.34. The first-order chi connectivity index (χ1) is 17.3. The lowest BCUT2D eigenvalue weighted by Gasteiger charge is -2.25. The van der Waals surface area contributed by atoms with Crippen LogP contribution in [0.4, 0.5) is 11.6 Å². The van der Waals surface area contributed by atoms with E-state index in [1.807, 2.05) is 54.3 Å². The highest BCUT2D eigenvalue weighted by Gasteiger charge is 2.19. The first-order valence-electron chi connectivity index (χ1n) is 11.7. The molecule has 0 atom stereocenters. The smallest absolute Gasteiger partial charge is 0.227 e. The van der Waals surface area contributed by atoms with Crippen LogP contribution in [0.15, 0.2) is 78.7 Å². The van der Waals surface area contributed by atoms with Gasteiger partial charge >= 0.3 is 0 Å². The van der Waals surface area contributed by atoms with Gasteiger partial charge in [0.25, 0.3) is 0 Å². The molecule has 1 aliphatic rings. The fourth-order valence-electron chi connectivity index (χ4n) is 4.24. The Morgan fingerprint density at radius 1 is 0.943 bits per heavy atom. The minimum absolute atomic E-state index is 0.185. The summed E-state index contributed by atoms with van der Waals surface area (Å²) in [4.78, 5) is 18.1. The third kappa shape index (κ3) is 4.84. The van der Waals surface area contributed by atoms with Gasteiger partial charge in [0.1, 0.15) is 16.9 Å². The zero-order valence-corrected chi connectivity index (χ0v) is 19.8. The van der Waals surface area contributed by atoms with Gasteiger partial charge in [-0.3, -0.25) is 4.98 Å². The van der Waals surface area contributed by atoms with E-state index in [4.69, 9.17) is 9.72 Å². The van der Waals surface area contributed by atoms with E-state index >= 15 is 0 Å². The van der Waals surface area contributed by atoms with Crippen LogP contribution in [0, 0.1) is 0 Å². The Balaban J connectivity index is 1.29. The lowest BCUT2D eigenvalue weighted by molar-refractivity contribution is 0.163. The van der Waals surface area contributed by atoms with Crippen molar-refractivity contribution in [1.29, 1.82) is 0 Å². The number of pyridine rings is 1. The number of thiazole rings is 1. The number of rotatable bonds is 6. The number of anilines is 2. The second-order valence-electron chi connectivity index (χ2n) is 8.45. The highest BCUT2D eigenvalue weighted by molar-refractivity contribution is 7.13. The Morgan fingerprint density at radius 3 is 2.60 bits per heavy atom. The van der Waals surface area contributed by atoms with Gasteiger partial charge in [0.05, 0.1) is 11.1 Å². The Labute approximate surface area is 207 Å². The van der Waals surface area contributed by atoms with E-state index in [9.17, 15) is 0 Å². The molecule has 3 aromatic heterocycles. The van der Waals surface area contributed by atoms with Crippen LogP contribution in [-0.2, 0) is 0 Å². The second kappa shape index (κ2) is 9.77. The average Bonchev–Trinajstić information content (AvgIpc) is 3.45. The van der Waals surface area contributed by atoms with Crippen LogP contribution < -0.4 is 15.4 Å². The summed E-state index contributed by atoms with van der Waals surface area (Å²) in [6.07, 6.45) is 9.46. The highest BCUT2D eigenvalue weighted by atomic mass is 32.1. The van der Waals surface area contributed by atoms with Crippen LogP contribution in [0.25, 0.3) is 32.6 Å². The molecule has 0 aliphatic carbocycles. The maximum Gasteiger partial charge on any atom is 0.227 e. The van der Waals surface area contributed by atoms with Crippen LogP contribution >= 0.6 is 11.3 Å². The molecule has 2 N–H and O–H groups in total. The van der Waals surface area contributed by atoms with E-state index in [1.54, 1.807) is 17.5 Å². The number of aromatic nitrogens is 4. The Bertz CT molecular complexity index is 1420. The largest absolute Gasteiger partial charge is 0.490 e. The molecule has 1 aliphatic heterocycles. The summed E-state index contributed by atoms with van der Waals surface area (Å²) in [5.41, 5.74) is 4.93. The third-order valence-electron chi connectivity index (χ3n) is 6.06. The maximum absolute atomic E-state index is 6.47. The van der Waals surface area contributed by atoms with Crippen LogP contribution in [0.1, 0.15) is 12.8 Å². The zero-order valence-electron chi connectivity index (χ0n) is 19.0. The summed E-state index contributed by atoms with van der Waals surface area (Å²) < 4.78 is 6.47. The normalized spacial score (nSPS) is 14.2. The Kier molecular flexibility index (Phi) is 6.04. The molecule has 1 saturated heterocycles. The van der Waals surface area contributed by atoms with E-state index in [1.165, 1.54) is 0 Å². The van der Waals surface area contributed by atoms with Gasteiger partial charge in [-0.05, 0) is 61.3 Å². The number of fused-ring (bicyclic) bond motifs is 1. The topological polar surface area (TPSA) is 84.9 Å². The molecule has 4 heterocycles. The summed E-state index contributed by atoms with van der Waals surface area (Å²) in [5, 5.41) is 10.6. The molecule has 0 spiro atoms. The monoisotopic (exact) mass is 480 g/mol. The van der Waals surface area contributed by atoms with Crippen molar-refractivity contribution >= 4 is 33.9 Å². The molecule has 0 bridgehead atoms. The summed E-state index contributed by atoms with van der Waals surface area (Å²) in [7, 11) is 0. The maximum atomic E-state index is 6.47. The minimum atomic E-state index is 0.185. The Hall–Kier alpha value is -3.88. The number of ether oxygens (including phenoxy) is 1. The number of hydrogen-bond donors (Lipinski definition) is 2. The molecule has 2 aromatic carbocycles. The van der Waals surface area contributed by atoms with Crippen molar-refractivity contribution in [3.63, 3.8) is 0 Å². The Morgan fingerprint density at radius 2 is 1.83 bits per heavy atom. The number of piperidine rings is 1. The van der Waals surface area contributed by atoms with Crippen LogP contribution in [-0.4, -0.2) is 39.1 Å². The van der Waals surface area contributed by atoms with Gasteiger partial charge in [0.15, 0.2) is 0 Å². The molecule has 1 fully saturated rings. The van der Waals surface area contributed by atoms with Crippen molar-refractivity contribution in [2.24, 2.45) is 0 Å². The molecule has 174 valence electrons. The minimum Gasteiger partial charge on any atom is -0.490 e. The molecule has 0 radical (unpaired) electrons. The lowest BCUT2D eigenvalue weighted by Crippen LogP contribution is -2.34. The number of nitrogens with zero attached hydrogens (tertiary/aromatic N) is 4. The fourth-order valence-corrected chi connectivity index (χ4v) is 4.90. The SMILES string of the molecule is c1cncc(-c2ccc(Nc3ncc4cc(-c5nccs5)c(OC5CCNCC5)cc4n3)cc2)c1.